The summed E-state index contributed by atoms with van der Waals surface area (Å²) in [6.07, 6.45) is -8.64. The first-order chi connectivity index (χ1) is 15.4. The van der Waals surface area contributed by atoms with Gasteiger partial charge >= 0.3 is 12.4 Å². The van der Waals surface area contributed by atoms with Crippen molar-refractivity contribution in [1.82, 2.24) is 4.98 Å². The third-order valence-corrected chi connectivity index (χ3v) is 5.69. The van der Waals surface area contributed by atoms with E-state index in [0.29, 0.717) is 22.4 Å². The zero-order valence-electron chi connectivity index (χ0n) is 17.8. The summed E-state index contributed by atoms with van der Waals surface area (Å²) in [6, 6.07) is 15.4. The van der Waals surface area contributed by atoms with Crippen LogP contribution in [0.5, 0.6) is 0 Å². The van der Waals surface area contributed by atoms with Gasteiger partial charge in [-0.3, -0.25) is 4.98 Å². The minimum absolute atomic E-state index is 0.233. The van der Waals surface area contributed by atoms with Crippen LogP contribution >= 0.6 is 0 Å². The van der Waals surface area contributed by atoms with E-state index in [4.69, 9.17) is 4.98 Å². The van der Waals surface area contributed by atoms with Crippen LogP contribution in [0.4, 0.5) is 26.3 Å². The summed E-state index contributed by atoms with van der Waals surface area (Å²) in [5.74, 6) is 0. The van der Waals surface area contributed by atoms with Gasteiger partial charge in [-0.05, 0) is 78.6 Å². The summed E-state index contributed by atoms with van der Waals surface area (Å²) in [4.78, 5) is 4.75. The van der Waals surface area contributed by atoms with E-state index < -0.39 is 23.5 Å². The van der Waals surface area contributed by atoms with E-state index in [1.807, 2.05) is 32.0 Å². The predicted molar refractivity (Wildman–Crippen MR) is 116 cm³/mol. The predicted octanol–water partition coefficient (Wildman–Crippen LogP) is 8.15. The molecule has 0 atom stereocenters. The number of nitrogens with zero attached hydrogens (tertiary/aromatic N) is 1. The molecule has 0 amide bonds. The van der Waals surface area contributed by atoms with E-state index in [-0.39, 0.29) is 6.42 Å². The molecule has 0 aliphatic heterocycles. The molecule has 0 fully saturated rings. The summed E-state index contributed by atoms with van der Waals surface area (Å²) in [5, 5.41) is 0.837. The van der Waals surface area contributed by atoms with E-state index in [1.165, 1.54) is 24.3 Å². The van der Waals surface area contributed by atoms with E-state index >= 15 is 0 Å². The van der Waals surface area contributed by atoms with Crippen LogP contribution in [0, 0.1) is 13.8 Å². The van der Waals surface area contributed by atoms with Gasteiger partial charge in [0.25, 0.3) is 0 Å². The molecule has 0 N–H and O–H groups in total. The second-order valence-electron chi connectivity index (χ2n) is 8.06. The second kappa shape index (κ2) is 8.21. The highest BCUT2D eigenvalue weighted by Crippen LogP contribution is 2.34. The Hall–Kier alpha value is -3.35. The van der Waals surface area contributed by atoms with E-state index in [1.54, 1.807) is 0 Å². The molecule has 1 nitrogen and oxygen atoms in total. The molecule has 33 heavy (non-hydrogen) atoms. The Morgan fingerprint density at radius 1 is 0.667 bits per heavy atom. The van der Waals surface area contributed by atoms with Crippen molar-refractivity contribution in [2.45, 2.75) is 32.6 Å². The maximum Gasteiger partial charge on any atom is 0.416 e. The van der Waals surface area contributed by atoms with Gasteiger partial charge in [-0.1, -0.05) is 24.3 Å². The minimum atomic E-state index is -4.45. The van der Waals surface area contributed by atoms with Crippen LogP contribution in [0.2, 0.25) is 0 Å². The van der Waals surface area contributed by atoms with Crippen LogP contribution in [0.15, 0.2) is 66.7 Å². The Morgan fingerprint density at radius 2 is 1.18 bits per heavy atom. The van der Waals surface area contributed by atoms with Gasteiger partial charge in [0.15, 0.2) is 0 Å². The van der Waals surface area contributed by atoms with E-state index in [0.717, 1.165) is 46.3 Å². The molecule has 0 aliphatic carbocycles. The minimum Gasteiger partial charge on any atom is -0.252 e. The summed E-state index contributed by atoms with van der Waals surface area (Å²) in [5.41, 5.74) is 3.70. The lowest BCUT2D eigenvalue weighted by molar-refractivity contribution is -0.138. The van der Waals surface area contributed by atoms with Gasteiger partial charge in [-0.2, -0.15) is 26.3 Å². The number of rotatable bonds is 3. The van der Waals surface area contributed by atoms with Gasteiger partial charge in [0.1, 0.15) is 0 Å². The SMILES string of the molecule is Cc1cc2cc(-c3ccc(C(F)(F)F)cc3)c(Cc3ccc(C(F)(F)F)cc3)nc2cc1C. The Labute approximate surface area is 186 Å². The lowest BCUT2D eigenvalue weighted by Crippen LogP contribution is -2.05. The van der Waals surface area contributed by atoms with Crippen LogP contribution in [0.25, 0.3) is 22.0 Å². The highest BCUT2D eigenvalue weighted by molar-refractivity contribution is 5.86. The number of fused-ring (bicyclic) bond motifs is 1. The molecule has 1 heterocycles. The van der Waals surface area contributed by atoms with Crippen molar-refractivity contribution in [2.75, 3.05) is 0 Å². The van der Waals surface area contributed by atoms with Gasteiger partial charge in [0, 0.05) is 17.4 Å². The van der Waals surface area contributed by atoms with Gasteiger partial charge in [0.2, 0.25) is 0 Å². The Morgan fingerprint density at radius 3 is 1.73 bits per heavy atom. The van der Waals surface area contributed by atoms with Crippen LogP contribution in [0.3, 0.4) is 0 Å². The Balaban J connectivity index is 1.82. The standard InChI is InChI=1S/C26H19F6N/c1-15-11-19-14-22(18-5-9-21(10-6-18)26(30,31)32)24(33-23(19)12-16(15)2)13-17-3-7-20(8-4-17)25(27,28)29/h3-12,14H,13H2,1-2H3. The van der Waals surface area contributed by atoms with E-state index in [2.05, 4.69) is 0 Å². The fourth-order valence-electron chi connectivity index (χ4n) is 3.71. The molecule has 7 heteroatoms. The molecule has 4 aromatic rings. The number of hydrogen-bond acceptors (Lipinski definition) is 1. The maximum atomic E-state index is 13.0. The second-order valence-corrected chi connectivity index (χ2v) is 8.06. The molecule has 3 aromatic carbocycles. The Kier molecular flexibility index (Phi) is 5.68. The molecule has 0 unspecified atom stereocenters. The highest BCUT2D eigenvalue weighted by atomic mass is 19.4. The molecule has 0 radical (unpaired) electrons. The fraction of sp³-hybridized carbons (Fsp3) is 0.192. The van der Waals surface area contributed by atoms with Crippen molar-refractivity contribution < 1.29 is 26.3 Å². The normalized spacial score (nSPS) is 12.4. The third-order valence-electron chi connectivity index (χ3n) is 5.69. The summed E-state index contributed by atoms with van der Waals surface area (Å²) in [6.45, 7) is 3.92. The molecule has 1 aromatic heterocycles. The molecular weight excluding hydrogens is 440 g/mol. The molecular formula is C26H19F6N. The van der Waals surface area contributed by atoms with Crippen LogP contribution < -0.4 is 0 Å². The highest BCUT2D eigenvalue weighted by Gasteiger charge is 2.31. The van der Waals surface area contributed by atoms with Gasteiger partial charge < -0.3 is 0 Å². The first-order valence-corrected chi connectivity index (χ1v) is 10.2. The number of benzene rings is 3. The lowest BCUT2D eigenvalue weighted by Gasteiger charge is -2.14. The first-order valence-electron chi connectivity index (χ1n) is 10.2. The molecule has 0 saturated heterocycles. The van der Waals surface area contributed by atoms with E-state index in [9.17, 15) is 26.3 Å². The third kappa shape index (κ3) is 4.87. The summed E-state index contributed by atoms with van der Waals surface area (Å²) >= 11 is 0. The van der Waals surface area contributed by atoms with Crippen molar-refractivity contribution in [1.29, 1.82) is 0 Å². The van der Waals surface area contributed by atoms with Crippen LogP contribution in [-0.2, 0) is 18.8 Å². The largest absolute Gasteiger partial charge is 0.416 e. The number of alkyl halides is 6. The van der Waals surface area contributed by atoms with Gasteiger partial charge in [-0.15, -0.1) is 0 Å². The zero-order chi connectivity index (χ0) is 24.0. The summed E-state index contributed by atoms with van der Waals surface area (Å²) in [7, 11) is 0. The molecule has 170 valence electrons. The molecule has 0 saturated carbocycles. The number of hydrogen-bond donors (Lipinski definition) is 0. The van der Waals surface area contributed by atoms with Crippen molar-refractivity contribution >= 4 is 10.9 Å². The van der Waals surface area contributed by atoms with Gasteiger partial charge in [-0.25, -0.2) is 0 Å². The maximum absolute atomic E-state index is 13.0. The lowest BCUT2D eigenvalue weighted by atomic mass is 9.95. The number of halogens is 6. The zero-order valence-corrected chi connectivity index (χ0v) is 17.8. The van der Waals surface area contributed by atoms with Crippen molar-refractivity contribution in [3.8, 4) is 11.1 Å². The fourth-order valence-corrected chi connectivity index (χ4v) is 3.71. The molecule has 4 rings (SSSR count). The molecule has 0 spiro atoms. The number of aryl methyl sites for hydroxylation is 2. The summed E-state index contributed by atoms with van der Waals surface area (Å²) < 4.78 is 77.7. The number of aromatic nitrogens is 1. The topological polar surface area (TPSA) is 12.9 Å². The monoisotopic (exact) mass is 459 g/mol. The molecule has 0 aliphatic rings. The quantitative estimate of drug-likeness (QED) is 0.282. The van der Waals surface area contributed by atoms with Crippen molar-refractivity contribution in [3.63, 3.8) is 0 Å². The average molecular weight is 459 g/mol. The number of pyridine rings is 1. The van der Waals surface area contributed by atoms with Gasteiger partial charge in [0.05, 0.1) is 22.3 Å². The molecule has 0 bridgehead atoms. The van der Waals surface area contributed by atoms with Crippen molar-refractivity contribution in [3.05, 3.63) is 100 Å². The van der Waals surface area contributed by atoms with Crippen LogP contribution in [-0.4, -0.2) is 4.98 Å². The Bertz CT molecular complexity index is 1300. The van der Waals surface area contributed by atoms with Crippen molar-refractivity contribution in [2.24, 2.45) is 0 Å². The average Bonchev–Trinajstić information content (AvgIpc) is 2.74. The smallest absolute Gasteiger partial charge is 0.252 e. The first kappa shape index (κ1) is 22.8. The van der Waals surface area contributed by atoms with Crippen LogP contribution in [0.1, 0.15) is 33.5 Å².